The maximum absolute atomic E-state index is 11.7. The van der Waals surface area contributed by atoms with Gasteiger partial charge in [0.25, 0.3) is 0 Å². The third kappa shape index (κ3) is 3.42. The van der Waals surface area contributed by atoms with E-state index in [0.717, 1.165) is 37.8 Å². The number of thiophene rings is 1. The zero-order valence-corrected chi connectivity index (χ0v) is 17.7. The summed E-state index contributed by atoms with van der Waals surface area (Å²) >= 11 is 1.71. The summed E-state index contributed by atoms with van der Waals surface area (Å²) in [5.74, 6) is 0. The van der Waals surface area contributed by atoms with E-state index in [1.165, 1.54) is 6.26 Å². The van der Waals surface area contributed by atoms with Crippen LogP contribution in [0.5, 0.6) is 0 Å². The molecule has 0 aliphatic heterocycles. The molecule has 5 aromatic rings. The van der Waals surface area contributed by atoms with Gasteiger partial charge in [0.2, 0.25) is 0 Å². The van der Waals surface area contributed by atoms with Crippen molar-refractivity contribution in [2.75, 3.05) is 6.26 Å². The van der Waals surface area contributed by atoms with E-state index in [9.17, 15) is 8.42 Å². The molecule has 0 fully saturated rings. The molecule has 0 radical (unpaired) electrons. The maximum atomic E-state index is 11.7. The van der Waals surface area contributed by atoms with Gasteiger partial charge in [0.05, 0.1) is 21.7 Å². The first-order valence-corrected chi connectivity index (χ1v) is 12.0. The summed E-state index contributed by atoms with van der Waals surface area (Å²) in [6.07, 6.45) is 8.73. The molecule has 0 amide bonds. The van der Waals surface area contributed by atoms with Gasteiger partial charge < -0.3 is 0 Å². The lowest BCUT2D eigenvalue weighted by atomic mass is 10.1. The highest BCUT2D eigenvalue weighted by Gasteiger charge is 2.12. The SMILES string of the molecule is CS(=O)(=O)c1ccc(-c2ccn3c(-c4ccc(-c5cccnc5)s4)cnc3c2)cc1. The zero-order chi connectivity index (χ0) is 20.7. The lowest BCUT2D eigenvalue weighted by Gasteiger charge is -2.05. The fourth-order valence-electron chi connectivity index (χ4n) is 3.38. The van der Waals surface area contributed by atoms with Crippen LogP contribution in [0.25, 0.3) is 37.8 Å². The average molecular weight is 432 g/mol. The Morgan fingerprint density at radius 1 is 0.867 bits per heavy atom. The molecule has 5 nitrogen and oxygen atoms in total. The van der Waals surface area contributed by atoms with E-state index < -0.39 is 9.84 Å². The number of fused-ring (bicyclic) bond motifs is 1. The van der Waals surface area contributed by atoms with Gasteiger partial charge in [-0.2, -0.15) is 0 Å². The van der Waals surface area contributed by atoms with Crippen LogP contribution in [-0.4, -0.2) is 29.0 Å². The fourth-order valence-corrected chi connectivity index (χ4v) is 5.01. The molecule has 7 heteroatoms. The van der Waals surface area contributed by atoms with E-state index in [4.69, 9.17) is 0 Å². The quantitative estimate of drug-likeness (QED) is 0.393. The normalized spacial score (nSPS) is 11.8. The summed E-state index contributed by atoms with van der Waals surface area (Å²) in [4.78, 5) is 11.4. The predicted octanol–water partition coefficient (Wildman–Crippen LogP) is 5.20. The average Bonchev–Trinajstić information content (AvgIpc) is 3.40. The van der Waals surface area contributed by atoms with Gasteiger partial charge in [-0.1, -0.05) is 18.2 Å². The number of sulfone groups is 1. The Bertz CT molecular complexity index is 1450. The van der Waals surface area contributed by atoms with E-state index in [0.29, 0.717) is 4.90 Å². The molecular formula is C23H17N3O2S2. The van der Waals surface area contributed by atoms with E-state index in [1.807, 2.05) is 48.9 Å². The van der Waals surface area contributed by atoms with Gasteiger partial charge in [-0.05, 0) is 53.6 Å². The van der Waals surface area contributed by atoms with Gasteiger partial charge in [0.1, 0.15) is 5.65 Å². The van der Waals surface area contributed by atoms with Crippen LogP contribution in [0.2, 0.25) is 0 Å². The minimum Gasteiger partial charge on any atom is -0.299 e. The number of pyridine rings is 2. The lowest BCUT2D eigenvalue weighted by molar-refractivity contribution is 0.602. The van der Waals surface area contributed by atoms with E-state index >= 15 is 0 Å². The summed E-state index contributed by atoms with van der Waals surface area (Å²) in [5, 5.41) is 0. The first-order chi connectivity index (χ1) is 14.5. The second kappa shape index (κ2) is 7.19. The third-order valence-corrected chi connectivity index (χ3v) is 7.22. The zero-order valence-electron chi connectivity index (χ0n) is 16.1. The molecule has 1 aromatic carbocycles. The van der Waals surface area contributed by atoms with Crippen LogP contribution in [0.1, 0.15) is 0 Å². The molecule has 0 unspecified atom stereocenters. The van der Waals surface area contributed by atoms with Crippen LogP contribution in [0.3, 0.4) is 0 Å². The standard InChI is InChI=1S/C23H17N3O2S2/c1-30(27,28)19-6-4-16(5-7-19)17-10-12-26-20(15-25-23(26)13-17)22-9-8-21(29-22)18-3-2-11-24-14-18/h2-15H,1H3. The number of imidazole rings is 1. The lowest BCUT2D eigenvalue weighted by Crippen LogP contribution is -1.96. The van der Waals surface area contributed by atoms with Crippen molar-refractivity contribution in [3.05, 3.63) is 85.5 Å². The third-order valence-electron chi connectivity index (χ3n) is 4.93. The van der Waals surface area contributed by atoms with Crippen LogP contribution in [0.4, 0.5) is 0 Å². The van der Waals surface area contributed by atoms with Gasteiger partial charge in [-0.3, -0.25) is 9.38 Å². The number of benzene rings is 1. The topological polar surface area (TPSA) is 64.3 Å². The minimum absolute atomic E-state index is 0.317. The number of hydrogen-bond donors (Lipinski definition) is 0. The molecule has 30 heavy (non-hydrogen) atoms. The van der Waals surface area contributed by atoms with Gasteiger partial charge in [0, 0.05) is 35.3 Å². The Labute approximate surface area is 178 Å². The van der Waals surface area contributed by atoms with E-state index in [2.05, 4.69) is 32.6 Å². The highest BCUT2D eigenvalue weighted by atomic mass is 32.2. The molecule has 4 aromatic heterocycles. The summed E-state index contributed by atoms with van der Waals surface area (Å²) in [6.45, 7) is 0. The Kier molecular flexibility index (Phi) is 4.49. The van der Waals surface area contributed by atoms with Crippen molar-refractivity contribution >= 4 is 26.8 Å². The van der Waals surface area contributed by atoms with Crippen LogP contribution in [-0.2, 0) is 9.84 Å². The molecule has 0 bridgehead atoms. The smallest absolute Gasteiger partial charge is 0.175 e. The van der Waals surface area contributed by atoms with Gasteiger partial charge >= 0.3 is 0 Å². The highest BCUT2D eigenvalue weighted by Crippen LogP contribution is 2.35. The molecule has 4 heterocycles. The Morgan fingerprint density at radius 3 is 2.40 bits per heavy atom. The van der Waals surface area contributed by atoms with Crippen molar-refractivity contribution in [2.45, 2.75) is 4.90 Å². The highest BCUT2D eigenvalue weighted by molar-refractivity contribution is 7.90. The number of rotatable bonds is 4. The van der Waals surface area contributed by atoms with Gasteiger partial charge in [0.15, 0.2) is 9.84 Å². The molecule has 0 aliphatic carbocycles. The van der Waals surface area contributed by atoms with Crippen molar-refractivity contribution in [1.82, 2.24) is 14.4 Å². The Hall–Kier alpha value is -3.29. The number of hydrogen-bond acceptors (Lipinski definition) is 5. The number of aromatic nitrogens is 3. The van der Waals surface area contributed by atoms with Crippen LogP contribution >= 0.6 is 11.3 Å². The summed E-state index contributed by atoms with van der Waals surface area (Å²) < 4.78 is 25.4. The van der Waals surface area contributed by atoms with Crippen molar-refractivity contribution in [3.8, 4) is 32.1 Å². The monoisotopic (exact) mass is 431 g/mol. The largest absolute Gasteiger partial charge is 0.299 e. The van der Waals surface area contributed by atoms with Crippen molar-refractivity contribution < 1.29 is 8.42 Å². The fraction of sp³-hybridized carbons (Fsp3) is 0.0435. The molecule has 0 atom stereocenters. The maximum Gasteiger partial charge on any atom is 0.175 e. The molecule has 0 spiro atoms. The Morgan fingerprint density at radius 2 is 1.67 bits per heavy atom. The van der Waals surface area contributed by atoms with Crippen molar-refractivity contribution in [3.63, 3.8) is 0 Å². The van der Waals surface area contributed by atoms with Crippen LogP contribution < -0.4 is 0 Å². The van der Waals surface area contributed by atoms with Crippen LogP contribution in [0.15, 0.2) is 90.3 Å². The molecule has 0 saturated heterocycles. The first kappa shape index (κ1) is 18.7. The molecular weight excluding hydrogens is 414 g/mol. The minimum atomic E-state index is -3.20. The summed E-state index contributed by atoms with van der Waals surface area (Å²) in [7, 11) is -3.20. The van der Waals surface area contributed by atoms with Gasteiger partial charge in [-0.25, -0.2) is 13.4 Å². The summed E-state index contributed by atoms with van der Waals surface area (Å²) in [5.41, 5.74) is 4.91. The molecule has 148 valence electrons. The van der Waals surface area contributed by atoms with E-state index in [1.54, 1.807) is 29.7 Å². The molecule has 0 N–H and O–H groups in total. The number of nitrogens with zero attached hydrogens (tertiary/aromatic N) is 3. The van der Waals surface area contributed by atoms with Crippen molar-refractivity contribution in [2.24, 2.45) is 0 Å². The predicted molar refractivity (Wildman–Crippen MR) is 120 cm³/mol. The van der Waals surface area contributed by atoms with Crippen molar-refractivity contribution in [1.29, 1.82) is 0 Å². The molecule has 0 saturated carbocycles. The molecule has 5 rings (SSSR count). The Balaban J connectivity index is 1.50. The second-order valence-electron chi connectivity index (χ2n) is 6.99. The van der Waals surface area contributed by atoms with Crippen LogP contribution in [0, 0.1) is 0 Å². The van der Waals surface area contributed by atoms with E-state index in [-0.39, 0.29) is 0 Å². The molecule has 0 aliphatic rings. The summed E-state index contributed by atoms with van der Waals surface area (Å²) in [6, 6.07) is 19.2. The first-order valence-electron chi connectivity index (χ1n) is 9.27. The van der Waals surface area contributed by atoms with Gasteiger partial charge in [-0.15, -0.1) is 11.3 Å². The second-order valence-corrected chi connectivity index (χ2v) is 10.1.